The zero-order valence-electron chi connectivity index (χ0n) is 17.6. The van der Waals surface area contributed by atoms with Gasteiger partial charge in [-0.25, -0.2) is 8.78 Å². The van der Waals surface area contributed by atoms with E-state index in [1.165, 1.54) is 13.3 Å². The summed E-state index contributed by atoms with van der Waals surface area (Å²) in [4.78, 5) is 4.03. The molecule has 1 aromatic heterocycles. The number of aliphatic hydroxyl groups is 2. The second kappa shape index (κ2) is 13.0. The van der Waals surface area contributed by atoms with Gasteiger partial charge in [0.05, 0.1) is 44.8 Å². The van der Waals surface area contributed by atoms with Crippen LogP contribution in [-0.4, -0.2) is 94.1 Å². The summed E-state index contributed by atoms with van der Waals surface area (Å²) < 4.78 is 63.1. The Labute approximate surface area is 188 Å². The molecule has 14 heteroatoms. The average Bonchev–Trinajstić information content (AvgIpc) is 3.31. The minimum Gasteiger partial charge on any atom is -0.497 e. The maximum absolute atomic E-state index is 13.2. The van der Waals surface area contributed by atoms with Crippen molar-refractivity contribution in [3.8, 4) is 5.75 Å². The fourth-order valence-electron chi connectivity index (χ4n) is 2.86. The largest absolute Gasteiger partial charge is 0.497 e. The number of hydrogen-bond acceptors (Lipinski definition) is 9. The highest BCUT2D eigenvalue weighted by molar-refractivity contribution is 7.53. The van der Waals surface area contributed by atoms with Gasteiger partial charge in [-0.3, -0.25) is 9.55 Å². The van der Waals surface area contributed by atoms with Crippen LogP contribution < -0.4 is 4.74 Å². The summed E-state index contributed by atoms with van der Waals surface area (Å²) in [5.74, 6) is 0.570. The highest BCUT2D eigenvalue weighted by Crippen LogP contribution is 2.48. The van der Waals surface area contributed by atoms with Crippen LogP contribution in [0.2, 0.25) is 0 Å². The molecular formula is C18H26B2F2NO8P. The standard InChI is InChI=1S/C13H18BFNO6P.C5H8BFO2/c1-19-10-2-3-16-9(4-10)6-20-23(18,8-17)21-7-11-5-12(15)13(14)22-11;6-5-4(7)1-3(2-8)9-5/h2-4,11-13,17H,5-8H2,1H3;3-5,8H,1-2H2/t11?,12-,13?,23?;3?,4-,5?/m00/s1. The molecule has 0 aromatic carbocycles. The van der Waals surface area contributed by atoms with Crippen LogP contribution in [0.15, 0.2) is 18.3 Å². The van der Waals surface area contributed by atoms with Gasteiger partial charge in [0.1, 0.15) is 40.1 Å². The summed E-state index contributed by atoms with van der Waals surface area (Å²) in [6.45, 7) is -0.461. The first-order chi connectivity index (χ1) is 15.2. The Kier molecular flexibility index (Phi) is 11.0. The van der Waals surface area contributed by atoms with E-state index in [4.69, 9.17) is 44.1 Å². The number of rotatable bonds is 9. The Morgan fingerprint density at radius 3 is 2.25 bits per heavy atom. The van der Waals surface area contributed by atoms with E-state index < -0.39 is 50.5 Å². The molecule has 7 atom stereocenters. The predicted octanol–water partition coefficient (Wildman–Crippen LogP) is 0.988. The van der Waals surface area contributed by atoms with Gasteiger partial charge >= 0.3 is 7.60 Å². The van der Waals surface area contributed by atoms with Crippen molar-refractivity contribution in [2.24, 2.45) is 0 Å². The zero-order chi connectivity index (χ0) is 23.7. The first-order valence-corrected chi connectivity index (χ1v) is 11.6. The minimum atomic E-state index is -3.75. The molecule has 4 radical (unpaired) electrons. The maximum Gasteiger partial charge on any atom is 0.356 e. The van der Waals surface area contributed by atoms with Crippen molar-refractivity contribution in [2.45, 2.75) is 56.0 Å². The van der Waals surface area contributed by atoms with Crippen LogP contribution in [0, 0.1) is 0 Å². The lowest BCUT2D eigenvalue weighted by atomic mass is 9.96. The zero-order valence-corrected chi connectivity index (χ0v) is 18.5. The smallest absolute Gasteiger partial charge is 0.356 e. The maximum atomic E-state index is 13.2. The average molecular weight is 475 g/mol. The Morgan fingerprint density at radius 2 is 1.78 bits per heavy atom. The molecule has 9 nitrogen and oxygen atoms in total. The highest BCUT2D eigenvalue weighted by atomic mass is 31.2. The molecule has 3 heterocycles. The van der Waals surface area contributed by atoms with Crippen molar-refractivity contribution in [3.05, 3.63) is 24.0 Å². The van der Waals surface area contributed by atoms with Crippen LogP contribution in [-0.2, 0) is 29.7 Å². The fourth-order valence-corrected chi connectivity index (χ4v) is 3.82. The minimum absolute atomic E-state index is 0.0457. The topological polar surface area (TPSA) is 117 Å². The Morgan fingerprint density at radius 1 is 1.16 bits per heavy atom. The number of ether oxygens (including phenoxy) is 3. The third-order valence-electron chi connectivity index (χ3n) is 4.66. The summed E-state index contributed by atoms with van der Waals surface area (Å²) >= 11 is 0. The lowest BCUT2D eigenvalue weighted by molar-refractivity contribution is 0.0367. The SMILES string of the molecule is [B]C1OC(CO)C[C@@H]1F.[B]C1OC(COP(=O)(CO)OCc2cc(OC)ccn2)C[C@@H]1F. The second-order valence-electron chi connectivity index (χ2n) is 7.14. The summed E-state index contributed by atoms with van der Waals surface area (Å²) in [7, 11) is 8.27. The predicted molar refractivity (Wildman–Crippen MR) is 111 cm³/mol. The Bertz CT molecular complexity index is 735. The van der Waals surface area contributed by atoms with E-state index in [2.05, 4.69) is 4.98 Å². The number of pyridine rings is 1. The number of aromatic nitrogens is 1. The number of methoxy groups -OCH3 is 1. The summed E-state index contributed by atoms with van der Waals surface area (Å²) in [5.41, 5.74) is 0.463. The number of alkyl halides is 2. The van der Waals surface area contributed by atoms with Gasteiger partial charge in [-0.05, 0) is 6.07 Å². The van der Waals surface area contributed by atoms with Crippen molar-refractivity contribution >= 4 is 23.3 Å². The van der Waals surface area contributed by atoms with Crippen LogP contribution >= 0.6 is 7.60 Å². The fraction of sp³-hybridized carbons (Fsp3) is 0.722. The van der Waals surface area contributed by atoms with Gasteiger partial charge in [-0.2, -0.15) is 0 Å². The third kappa shape index (κ3) is 8.37. The lowest BCUT2D eigenvalue weighted by Crippen LogP contribution is -2.18. The van der Waals surface area contributed by atoms with E-state index >= 15 is 0 Å². The summed E-state index contributed by atoms with van der Waals surface area (Å²) in [6, 6.07) is 1.41. The molecule has 0 spiro atoms. The van der Waals surface area contributed by atoms with E-state index in [1.807, 2.05) is 0 Å². The summed E-state index contributed by atoms with van der Waals surface area (Å²) in [5, 5.41) is 17.7. The number of nitrogens with zero attached hydrogens (tertiary/aromatic N) is 1. The monoisotopic (exact) mass is 475 g/mol. The molecule has 0 saturated carbocycles. The van der Waals surface area contributed by atoms with Crippen LogP contribution in [0.3, 0.4) is 0 Å². The Hall–Kier alpha value is -1.07. The molecule has 176 valence electrons. The quantitative estimate of drug-likeness (QED) is 0.399. The summed E-state index contributed by atoms with van der Waals surface area (Å²) in [6.07, 6.45) is -2.46. The molecule has 2 saturated heterocycles. The molecule has 2 N–H and O–H groups in total. The molecule has 1 aromatic rings. The molecule has 3 rings (SSSR count). The van der Waals surface area contributed by atoms with Crippen LogP contribution in [0.4, 0.5) is 8.78 Å². The first-order valence-electron chi connectivity index (χ1n) is 9.88. The van der Waals surface area contributed by atoms with Gasteiger partial charge < -0.3 is 33.5 Å². The molecule has 2 fully saturated rings. The molecule has 2 aliphatic heterocycles. The Balaban J connectivity index is 0.000000336. The van der Waals surface area contributed by atoms with Crippen molar-refractivity contribution in [2.75, 3.05) is 26.7 Å². The molecule has 0 bridgehead atoms. The number of aliphatic hydroxyl groups excluding tert-OH is 2. The number of halogens is 2. The van der Waals surface area contributed by atoms with Crippen molar-refractivity contribution in [1.82, 2.24) is 4.98 Å². The van der Waals surface area contributed by atoms with Gasteiger partial charge in [-0.15, -0.1) is 0 Å². The van der Waals surface area contributed by atoms with Crippen LogP contribution in [0.25, 0.3) is 0 Å². The third-order valence-corrected chi connectivity index (χ3v) is 6.07. The van der Waals surface area contributed by atoms with E-state index in [-0.39, 0.29) is 32.7 Å². The van der Waals surface area contributed by atoms with Crippen molar-refractivity contribution < 1.29 is 46.8 Å². The van der Waals surface area contributed by atoms with Gasteiger partial charge in [-0.1, -0.05) is 0 Å². The first kappa shape index (κ1) is 27.2. The van der Waals surface area contributed by atoms with Crippen LogP contribution in [0.5, 0.6) is 5.75 Å². The molecule has 0 aliphatic carbocycles. The van der Waals surface area contributed by atoms with Gasteiger partial charge in [0.15, 0.2) is 0 Å². The lowest BCUT2D eigenvalue weighted by Gasteiger charge is -2.18. The molecular weight excluding hydrogens is 449 g/mol. The second-order valence-corrected chi connectivity index (χ2v) is 9.16. The van der Waals surface area contributed by atoms with Gasteiger partial charge in [0, 0.05) is 37.1 Å². The van der Waals surface area contributed by atoms with Crippen LogP contribution in [0.1, 0.15) is 18.5 Å². The molecule has 2 aliphatic rings. The van der Waals surface area contributed by atoms with E-state index in [0.717, 1.165) is 0 Å². The number of hydrogen-bond donors (Lipinski definition) is 2. The molecule has 32 heavy (non-hydrogen) atoms. The van der Waals surface area contributed by atoms with Crippen molar-refractivity contribution in [3.63, 3.8) is 0 Å². The van der Waals surface area contributed by atoms with E-state index in [9.17, 15) is 18.5 Å². The van der Waals surface area contributed by atoms with Crippen molar-refractivity contribution in [1.29, 1.82) is 0 Å². The molecule has 0 amide bonds. The van der Waals surface area contributed by atoms with E-state index in [1.54, 1.807) is 12.1 Å². The van der Waals surface area contributed by atoms with Gasteiger partial charge in [0.25, 0.3) is 0 Å². The highest BCUT2D eigenvalue weighted by Gasteiger charge is 2.34. The van der Waals surface area contributed by atoms with E-state index in [0.29, 0.717) is 11.4 Å². The molecule has 5 unspecified atom stereocenters. The normalized spacial score (nSPS) is 31.5. The van der Waals surface area contributed by atoms with Gasteiger partial charge in [0.2, 0.25) is 0 Å².